The molecule has 0 aliphatic heterocycles. The van der Waals surface area contributed by atoms with Gasteiger partial charge in [0.2, 0.25) is 0 Å². The Hall–Kier alpha value is -1.07. The highest BCUT2D eigenvalue weighted by atomic mass is 32.2. The average Bonchev–Trinajstić information content (AvgIpc) is 2.03. The molecule has 0 heterocycles. The van der Waals surface area contributed by atoms with Crippen LogP contribution in [-0.4, -0.2) is 20.1 Å². The minimum atomic E-state index is -4.15. The SMILES string of the molecule is COc1ccc(C)c(S(=O)(=O)O)c1. The number of ether oxygens (including phenoxy) is 1. The second kappa shape index (κ2) is 3.35. The molecule has 0 saturated heterocycles. The van der Waals surface area contributed by atoms with Crippen molar-refractivity contribution in [1.29, 1.82) is 0 Å². The number of hydrogen-bond acceptors (Lipinski definition) is 3. The molecular formula is C8H10O4S. The molecule has 0 saturated carbocycles. The van der Waals surface area contributed by atoms with Gasteiger partial charge in [0, 0.05) is 6.07 Å². The molecular weight excluding hydrogens is 192 g/mol. The molecule has 0 aliphatic carbocycles. The van der Waals surface area contributed by atoms with Gasteiger partial charge in [-0.1, -0.05) is 6.07 Å². The van der Waals surface area contributed by atoms with Crippen LogP contribution in [0.1, 0.15) is 5.56 Å². The van der Waals surface area contributed by atoms with Crippen molar-refractivity contribution in [2.75, 3.05) is 7.11 Å². The fourth-order valence-electron chi connectivity index (χ4n) is 0.985. The summed E-state index contributed by atoms with van der Waals surface area (Å²) in [5.41, 5.74) is 0.489. The van der Waals surface area contributed by atoms with Gasteiger partial charge in [-0.3, -0.25) is 4.55 Å². The lowest BCUT2D eigenvalue weighted by Gasteiger charge is -2.04. The van der Waals surface area contributed by atoms with Crippen molar-refractivity contribution in [1.82, 2.24) is 0 Å². The van der Waals surface area contributed by atoms with E-state index in [2.05, 4.69) is 0 Å². The molecule has 1 aromatic rings. The third kappa shape index (κ3) is 2.19. The van der Waals surface area contributed by atoms with E-state index in [-0.39, 0.29) is 4.90 Å². The Labute approximate surface area is 76.9 Å². The first-order valence-electron chi connectivity index (χ1n) is 3.57. The minimum Gasteiger partial charge on any atom is -0.497 e. The van der Waals surface area contributed by atoms with Crippen LogP contribution >= 0.6 is 0 Å². The summed E-state index contributed by atoms with van der Waals surface area (Å²) in [5, 5.41) is 0. The lowest BCUT2D eigenvalue weighted by atomic mass is 10.2. The lowest BCUT2D eigenvalue weighted by molar-refractivity contribution is 0.412. The standard InChI is InChI=1S/C8H10O4S/c1-6-3-4-7(12-2)5-8(6)13(9,10)11/h3-5H,1-2H3,(H,9,10,11). The van der Waals surface area contributed by atoms with Crippen molar-refractivity contribution < 1.29 is 17.7 Å². The summed E-state index contributed by atoms with van der Waals surface area (Å²) >= 11 is 0. The molecule has 1 aromatic carbocycles. The Morgan fingerprint density at radius 3 is 2.46 bits per heavy atom. The normalized spacial score (nSPS) is 11.3. The molecule has 0 amide bonds. The van der Waals surface area contributed by atoms with Crippen LogP contribution in [0.25, 0.3) is 0 Å². The molecule has 1 N–H and O–H groups in total. The Morgan fingerprint density at radius 2 is 2.00 bits per heavy atom. The van der Waals surface area contributed by atoms with Gasteiger partial charge in [-0.2, -0.15) is 8.42 Å². The Kier molecular flexibility index (Phi) is 2.58. The van der Waals surface area contributed by atoms with Crippen LogP contribution in [0.2, 0.25) is 0 Å². The molecule has 72 valence electrons. The van der Waals surface area contributed by atoms with E-state index in [1.54, 1.807) is 19.1 Å². The number of methoxy groups -OCH3 is 1. The molecule has 0 aliphatic rings. The van der Waals surface area contributed by atoms with E-state index in [0.29, 0.717) is 11.3 Å². The Morgan fingerprint density at radius 1 is 1.38 bits per heavy atom. The first-order valence-corrected chi connectivity index (χ1v) is 5.01. The third-order valence-corrected chi connectivity index (χ3v) is 2.67. The summed E-state index contributed by atoms with van der Waals surface area (Å²) in [6.45, 7) is 1.60. The molecule has 0 fully saturated rings. The molecule has 1 rings (SSSR count). The van der Waals surface area contributed by atoms with Gasteiger partial charge >= 0.3 is 0 Å². The van der Waals surface area contributed by atoms with Crippen molar-refractivity contribution in [2.24, 2.45) is 0 Å². The van der Waals surface area contributed by atoms with E-state index in [9.17, 15) is 8.42 Å². The zero-order valence-corrected chi connectivity index (χ0v) is 8.13. The maximum Gasteiger partial charge on any atom is 0.294 e. The highest BCUT2D eigenvalue weighted by Gasteiger charge is 2.13. The van der Waals surface area contributed by atoms with E-state index in [4.69, 9.17) is 9.29 Å². The van der Waals surface area contributed by atoms with Gasteiger partial charge in [-0.15, -0.1) is 0 Å². The topological polar surface area (TPSA) is 63.6 Å². The summed E-state index contributed by atoms with van der Waals surface area (Å²) in [6, 6.07) is 4.48. The fraction of sp³-hybridized carbons (Fsp3) is 0.250. The largest absolute Gasteiger partial charge is 0.497 e. The number of benzene rings is 1. The van der Waals surface area contributed by atoms with Crippen molar-refractivity contribution in [2.45, 2.75) is 11.8 Å². The number of hydrogen-bond donors (Lipinski definition) is 1. The maximum atomic E-state index is 10.8. The van der Waals surface area contributed by atoms with Crippen molar-refractivity contribution >= 4 is 10.1 Å². The second-order valence-electron chi connectivity index (χ2n) is 2.61. The monoisotopic (exact) mass is 202 g/mol. The van der Waals surface area contributed by atoms with Gasteiger partial charge < -0.3 is 4.74 Å². The van der Waals surface area contributed by atoms with Gasteiger partial charge in [0.1, 0.15) is 10.6 Å². The summed E-state index contributed by atoms with van der Waals surface area (Å²) in [7, 11) is -2.72. The highest BCUT2D eigenvalue weighted by Crippen LogP contribution is 2.20. The van der Waals surface area contributed by atoms with Gasteiger partial charge in [0.25, 0.3) is 10.1 Å². The van der Waals surface area contributed by atoms with Crippen LogP contribution in [0.4, 0.5) is 0 Å². The van der Waals surface area contributed by atoms with Crippen LogP contribution in [-0.2, 0) is 10.1 Å². The first-order chi connectivity index (χ1) is 5.95. The molecule has 0 atom stereocenters. The summed E-state index contributed by atoms with van der Waals surface area (Å²) in [5.74, 6) is 0.401. The van der Waals surface area contributed by atoms with Gasteiger partial charge in [-0.25, -0.2) is 0 Å². The Bertz CT molecular complexity index is 408. The van der Waals surface area contributed by atoms with E-state index >= 15 is 0 Å². The van der Waals surface area contributed by atoms with Crippen LogP contribution in [0, 0.1) is 6.92 Å². The predicted octanol–water partition coefficient (Wildman–Crippen LogP) is 1.25. The maximum absolute atomic E-state index is 10.8. The quantitative estimate of drug-likeness (QED) is 0.733. The second-order valence-corrected chi connectivity index (χ2v) is 4.00. The van der Waals surface area contributed by atoms with Gasteiger partial charge in [0.15, 0.2) is 0 Å². The smallest absolute Gasteiger partial charge is 0.294 e. The molecule has 0 aromatic heterocycles. The number of aryl methyl sites for hydroxylation is 1. The highest BCUT2D eigenvalue weighted by molar-refractivity contribution is 7.85. The van der Waals surface area contributed by atoms with Gasteiger partial charge in [-0.05, 0) is 18.6 Å². The summed E-state index contributed by atoms with van der Waals surface area (Å²) in [6.07, 6.45) is 0. The lowest BCUT2D eigenvalue weighted by Crippen LogP contribution is -2.01. The molecule has 0 spiro atoms. The Balaban J connectivity index is 3.36. The van der Waals surface area contributed by atoms with Crippen LogP contribution < -0.4 is 4.74 Å². The van der Waals surface area contributed by atoms with Gasteiger partial charge in [0.05, 0.1) is 7.11 Å². The minimum absolute atomic E-state index is 0.119. The number of rotatable bonds is 2. The fourth-order valence-corrected chi connectivity index (χ4v) is 1.73. The van der Waals surface area contributed by atoms with Crippen LogP contribution in [0.3, 0.4) is 0 Å². The first kappa shape index (κ1) is 10.0. The van der Waals surface area contributed by atoms with E-state index in [0.717, 1.165) is 0 Å². The zero-order chi connectivity index (χ0) is 10.1. The molecule has 13 heavy (non-hydrogen) atoms. The molecule has 4 nitrogen and oxygen atoms in total. The average molecular weight is 202 g/mol. The molecule has 0 radical (unpaired) electrons. The summed E-state index contributed by atoms with van der Waals surface area (Å²) < 4.78 is 35.3. The molecule has 0 unspecified atom stereocenters. The van der Waals surface area contributed by atoms with E-state index in [1.807, 2.05) is 0 Å². The van der Waals surface area contributed by atoms with Crippen molar-refractivity contribution in [3.8, 4) is 5.75 Å². The van der Waals surface area contributed by atoms with E-state index in [1.165, 1.54) is 13.2 Å². The zero-order valence-electron chi connectivity index (χ0n) is 7.31. The van der Waals surface area contributed by atoms with Crippen LogP contribution in [0.15, 0.2) is 23.1 Å². The molecule has 0 bridgehead atoms. The van der Waals surface area contributed by atoms with Crippen molar-refractivity contribution in [3.05, 3.63) is 23.8 Å². The van der Waals surface area contributed by atoms with Crippen molar-refractivity contribution in [3.63, 3.8) is 0 Å². The van der Waals surface area contributed by atoms with Crippen LogP contribution in [0.5, 0.6) is 5.75 Å². The van der Waals surface area contributed by atoms with E-state index < -0.39 is 10.1 Å². The molecule has 5 heteroatoms. The summed E-state index contributed by atoms with van der Waals surface area (Å²) in [4.78, 5) is -0.119. The predicted molar refractivity (Wildman–Crippen MR) is 47.5 cm³/mol. The third-order valence-electron chi connectivity index (χ3n) is 1.67.